The summed E-state index contributed by atoms with van der Waals surface area (Å²) in [6.07, 6.45) is 8.49. The number of halogens is 2. The number of aryl methyl sites for hydroxylation is 1. The zero-order valence-corrected chi connectivity index (χ0v) is 14.5. The fourth-order valence-electron chi connectivity index (χ4n) is 3.97. The molecule has 0 aromatic carbocycles. The van der Waals surface area contributed by atoms with Crippen LogP contribution in [0.3, 0.4) is 0 Å². The van der Waals surface area contributed by atoms with Crippen LogP contribution in [0, 0.1) is 11.8 Å². The Labute approximate surface area is 145 Å². The van der Waals surface area contributed by atoms with Crippen molar-refractivity contribution < 1.29 is 0 Å². The molecule has 1 aliphatic carbocycles. The van der Waals surface area contributed by atoms with E-state index < -0.39 is 0 Å². The quantitative estimate of drug-likeness (QED) is 0.837. The van der Waals surface area contributed by atoms with E-state index in [4.69, 9.17) is 5.10 Å². The number of hydrogen-bond donors (Lipinski definition) is 1. The predicted octanol–water partition coefficient (Wildman–Crippen LogP) is 2.62. The molecule has 4 nitrogen and oxygen atoms in total. The van der Waals surface area contributed by atoms with Crippen LogP contribution in [0.4, 0.5) is 0 Å². The van der Waals surface area contributed by atoms with Gasteiger partial charge in [0, 0.05) is 32.7 Å². The van der Waals surface area contributed by atoms with E-state index in [1.807, 2.05) is 0 Å². The van der Waals surface area contributed by atoms with Crippen molar-refractivity contribution in [3.63, 3.8) is 0 Å². The van der Waals surface area contributed by atoms with Crippen LogP contribution in [-0.4, -0.2) is 34.3 Å². The Kier molecular flexibility index (Phi) is 6.33. The number of fused-ring (bicyclic) bond motifs is 2. The summed E-state index contributed by atoms with van der Waals surface area (Å²) in [6.45, 7) is 6.71. The molecule has 1 aromatic rings. The number of allylic oxidation sites excluding steroid dienone is 2. The number of nitrogens with zero attached hydrogens (tertiary/aromatic N) is 3. The first-order valence-electron chi connectivity index (χ1n) is 8.02. The first kappa shape index (κ1) is 17.8. The molecule has 22 heavy (non-hydrogen) atoms. The maximum absolute atomic E-state index is 4.81. The summed E-state index contributed by atoms with van der Waals surface area (Å²) in [6, 6.07) is 2.30. The maximum atomic E-state index is 4.81. The van der Waals surface area contributed by atoms with Gasteiger partial charge in [-0.2, -0.15) is 5.10 Å². The lowest BCUT2D eigenvalue weighted by Crippen LogP contribution is -2.20. The Morgan fingerprint density at radius 2 is 1.86 bits per heavy atom. The smallest absolute Gasteiger partial charge is 0.0768 e. The lowest BCUT2D eigenvalue weighted by atomic mass is 9.86. The van der Waals surface area contributed by atoms with Crippen molar-refractivity contribution in [2.45, 2.75) is 38.9 Å². The molecule has 6 heteroatoms. The Morgan fingerprint density at radius 3 is 2.59 bits per heavy atom. The van der Waals surface area contributed by atoms with Crippen molar-refractivity contribution in [3.05, 3.63) is 29.6 Å². The number of nitrogens with one attached hydrogen (secondary N) is 1. The van der Waals surface area contributed by atoms with Crippen molar-refractivity contribution in [2.24, 2.45) is 11.8 Å². The zero-order chi connectivity index (χ0) is 13.4. The van der Waals surface area contributed by atoms with Gasteiger partial charge < -0.3 is 5.32 Å². The lowest BCUT2D eigenvalue weighted by Gasteiger charge is -2.18. The molecular formula is C16H26Cl2N4. The van der Waals surface area contributed by atoms with Gasteiger partial charge in [-0.15, -0.1) is 24.8 Å². The molecule has 0 spiro atoms. The average molecular weight is 345 g/mol. The summed E-state index contributed by atoms with van der Waals surface area (Å²) < 4.78 is 2.21. The van der Waals surface area contributed by atoms with Crippen molar-refractivity contribution in [1.82, 2.24) is 20.0 Å². The summed E-state index contributed by atoms with van der Waals surface area (Å²) in [4.78, 5) is 2.61. The summed E-state index contributed by atoms with van der Waals surface area (Å²) in [5.74, 6) is 1.78. The number of aromatic nitrogens is 2. The van der Waals surface area contributed by atoms with E-state index in [1.165, 1.54) is 43.7 Å². The fraction of sp³-hybridized carbons (Fsp3) is 0.688. The molecule has 0 bridgehead atoms. The molecule has 0 radical (unpaired) electrons. The first-order valence-corrected chi connectivity index (χ1v) is 8.02. The largest absolute Gasteiger partial charge is 0.311 e. The summed E-state index contributed by atoms with van der Waals surface area (Å²) in [7, 11) is 0. The molecule has 0 unspecified atom stereocenters. The highest BCUT2D eigenvalue weighted by Crippen LogP contribution is 2.33. The molecule has 0 amide bonds. The normalized spacial score (nSPS) is 27.3. The van der Waals surface area contributed by atoms with Crippen LogP contribution in [0.2, 0.25) is 0 Å². The molecule has 3 heterocycles. The van der Waals surface area contributed by atoms with E-state index in [0.717, 1.165) is 38.0 Å². The van der Waals surface area contributed by atoms with Gasteiger partial charge in [-0.1, -0.05) is 12.2 Å². The molecule has 0 saturated carbocycles. The van der Waals surface area contributed by atoms with E-state index in [-0.39, 0.29) is 24.8 Å². The third-order valence-electron chi connectivity index (χ3n) is 5.03. The molecule has 1 saturated heterocycles. The fourth-order valence-corrected chi connectivity index (χ4v) is 3.97. The summed E-state index contributed by atoms with van der Waals surface area (Å²) in [5, 5.41) is 8.28. The molecule has 4 rings (SSSR count). The van der Waals surface area contributed by atoms with Crippen LogP contribution >= 0.6 is 24.8 Å². The van der Waals surface area contributed by atoms with Crippen molar-refractivity contribution in [3.8, 4) is 0 Å². The zero-order valence-electron chi connectivity index (χ0n) is 12.9. The number of likely N-dealkylation sites (tertiary alicyclic amines) is 1. The molecule has 124 valence electrons. The lowest BCUT2D eigenvalue weighted by molar-refractivity contribution is 0.308. The van der Waals surface area contributed by atoms with Crippen LogP contribution < -0.4 is 5.32 Å². The van der Waals surface area contributed by atoms with Gasteiger partial charge in [0.2, 0.25) is 0 Å². The summed E-state index contributed by atoms with van der Waals surface area (Å²) in [5.41, 5.74) is 2.62. The first-order chi connectivity index (χ1) is 9.88. The van der Waals surface area contributed by atoms with E-state index >= 15 is 0 Å². The van der Waals surface area contributed by atoms with E-state index in [9.17, 15) is 0 Å². The van der Waals surface area contributed by atoms with Crippen LogP contribution in [0.25, 0.3) is 0 Å². The van der Waals surface area contributed by atoms with Gasteiger partial charge in [-0.25, -0.2) is 0 Å². The van der Waals surface area contributed by atoms with Crippen molar-refractivity contribution in [2.75, 3.05) is 19.6 Å². The van der Waals surface area contributed by atoms with E-state index in [0.29, 0.717) is 0 Å². The monoisotopic (exact) mass is 344 g/mol. The molecule has 1 aromatic heterocycles. The minimum Gasteiger partial charge on any atom is -0.311 e. The third-order valence-corrected chi connectivity index (χ3v) is 5.03. The van der Waals surface area contributed by atoms with Crippen LogP contribution in [-0.2, 0) is 19.6 Å². The van der Waals surface area contributed by atoms with Crippen molar-refractivity contribution in [1.29, 1.82) is 0 Å². The Bertz CT molecular complexity index is 475. The number of hydrogen-bond acceptors (Lipinski definition) is 3. The minimum atomic E-state index is 0. The van der Waals surface area contributed by atoms with Gasteiger partial charge in [0.15, 0.2) is 0 Å². The predicted molar refractivity (Wildman–Crippen MR) is 93.7 cm³/mol. The molecule has 2 aliphatic heterocycles. The van der Waals surface area contributed by atoms with E-state index in [2.05, 4.69) is 33.1 Å². The van der Waals surface area contributed by atoms with Gasteiger partial charge >= 0.3 is 0 Å². The standard InChI is InChI=1S/C16H24N4.2ClH/c1-2-5-14-11-19(10-13(14)4-1)12-15-8-16-9-17-6-3-7-20(16)18-15;;/h1-2,8,13-14,17H,3-7,9-12H2;2*1H/t13-,14+;;. The maximum Gasteiger partial charge on any atom is 0.0768 e. The molecule has 1 fully saturated rings. The van der Waals surface area contributed by atoms with Gasteiger partial charge in [0.1, 0.15) is 0 Å². The average Bonchev–Trinajstić information content (AvgIpc) is 2.96. The highest BCUT2D eigenvalue weighted by Gasteiger charge is 2.32. The molecule has 3 aliphatic rings. The van der Waals surface area contributed by atoms with E-state index in [1.54, 1.807) is 0 Å². The second-order valence-corrected chi connectivity index (χ2v) is 6.54. The Balaban J connectivity index is 0.000000882. The van der Waals surface area contributed by atoms with Crippen LogP contribution in [0.15, 0.2) is 18.2 Å². The second kappa shape index (κ2) is 7.82. The SMILES string of the molecule is C1=CC[C@H]2CN(Cc3cc4n(n3)CCCNC4)C[C@H]2C1.Cl.Cl. The topological polar surface area (TPSA) is 33.1 Å². The molecular weight excluding hydrogens is 319 g/mol. The second-order valence-electron chi connectivity index (χ2n) is 6.54. The minimum absolute atomic E-state index is 0. The Morgan fingerprint density at radius 1 is 1.14 bits per heavy atom. The highest BCUT2D eigenvalue weighted by molar-refractivity contribution is 5.85. The van der Waals surface area contributed by atoms with Gasteiger partial charge in [0.05, 0.1) is 11.4 Å². The summed E-state index contributed by atoms with van der Waals surface area (Å²) >= 11 is 0. The van der Waals surface area contributed by atoms with Gasteiger partial charge in [-0.05, 0) is 43.7 Å². The highest BCUT2D eigenvalue weighted by atomic mass is 35.5. The van der Waals surface area contributed by atoms with Crippen LogP contribution in [0.5, 0.6) is 0 Å². The van der Waals surface area contributed by atoms with Gasteiger partial charge in [0.25, 0.3) is 0 Å². The molecule has 2 atom stereocenters. The van der Waals surface area contributed by atoms with Crippen LogP contribution in [0.1, 0.15) is 30.7 Å². The Hall–Kier alpha value is -0.550. The molecule has 1 N–H and O–H groups in total. The number of rotatable bonds is 2. The van der Waals surface area contributed by atoms with Crippen molar-refractivity contribution >= 4 is 24.8 Å². The van der Waals surface area contributed by atoms with Gasteiger partial charge in [-0.3, -0.25) is 9.58 Å². The third kappa shape index (κ3) is 3.67.